The molecule has 24 heavy (non-hydrogen) atoms. The van der Waals surface area contributed by atoms with Crippen LogP contribution in [0.15, 0.2) is 30.3 Å². The van der Waals surface area contributed by atoms with Gasteiger partial charge in [0.2, 0.25) is 11.8 Å². The summed E-state index contributed by atoms with van der Waals surface area (Å²) in [6.45, 7) is 1.11. The third kappa shape index (κ3) is 5.33. The van der Waals surface area contributed by atoms with Gasteiger partial charge in [-0.3, -0.25) is 14.4 Å². The number of carbonyl (C=O) groups excluding carboxylic acids is 3. The molecule has 2 amide bonds. The molecular formula is C17H21BrN2O4. The first-order chi connectivity index (χ1) is 11.6. The van der Waals surface area contributed by atoms with E-state index in [-0.39, 0.29) is 23.6 Å². The minimum atomic E-state index is -0.787. The highest BCUT2D eigenvalue weighted by atomic mass is 79.9. The monoisotopic (exact) mass is 396 g/mol. The number of piperazine rings is 1. The zero-order valence-corrected chi connectivity index (χ0v) is 15.0. The topological polar surface area (TPSA) is 75.7 Å². The van der Waals surface area contributed by atoms with Crippen molar-refractivity contribution in [1.82, 2.24) is 10.2 Å². The smallest absolute Gasteiger partial charge is 0.308 e. The Hall–Kier alpha value is -1.89. The highest BCUT2D eigenvalue weighted by Gasteiger charge is 2.34. The first kappa shape index (κ1) is 18.4. The number of aryl methyl sites for hydroxylation is 1. The Labute approximate surface area is 149 Å². The van der Waals surface area contributed by atoms with Crippen LogP contribution in [0.25, 0.3) is 0 Å². The third-order valence-electron chi connectivity index (χ3n) is 3.84. The Morgan fingerprint density at radius 3 is 2.75 bits per heavy atom. The third-order valence-corrected chi connectivity index (χ3v) is 4.32. The van der Waals surface area contributed by atoms with Gasteiger partial charge in [0.1, 0.15) is 6.04 Å². The second-order valence-electron chi connectivity index (χ2n) is 5.54. The molecule has 1 saturated heterocycles. The Morgan fingerprint density at radius 2 is 2.04 bits per heavy atom. The molecule has 6 nitrogen and oxygen atoms in total. The largest absolute Gasteiger partial charge is 0.466 e. The molecule has 0 bridgehead atoms. The van der Waals surface area contributed by atoms with Crippen molar-refractivity contribution in [2.45, 2.75) is 25.3 Å². The molecule has 1 N–H and O–H groups in total. The van der Waals surface area contributed by atoms with E-state index in [1.165, 1.54) is 10.5 Å². The minimum absolute atomic E-state index is 0.115. The first-order valence-corrected chi connectivity index (χ1v) is 9.06. The van der Waals surface area contributed by atoms with Crippen molar-refractivity contribution >= 4 is 33.7 Å². The van der Waals surface area contributed by atoms with Crippen LogP contribution in [-0.2, 0) is 25.5 Å². The van der Waals surface area contributed by atoms with E-state index in [0.717, 1.165) is 12.8 Å². The van der Waals surface area contributed by atoms with Crippen LogP contribution in [0.4, 0.5) is 0 Å². The number of amides is 2. The zero-order valence-electron chi connectivity index (χ0n) is 13.4. The van der Waals surface area contributed by atoms with Crippen molar-refractivity contribution in [3.63, 3.8) is 0 Å². The van der Waals surface area contributed by atoms with E-state index in [2.05, 4.69) is 21.2 Å². The second kappa shape index (κ2) is 9.42. The van der Waals surface area contributed by atoms with E-state index in [4.69, 9.17) is 4.74 Å². The summed E-state index contributed by atoms with van der Waals surface area (Å²) in [6.07, 6.45) is 1.43. The van der Waals surface area contributed by atoms with Crippen LogP contribution in [0.2, 0.25) is 0 Å². The predicted molar refractivity (Wildman–Crippen MR) is 92.6 cm³/mol. The first-order valence-electron chi connectivity index (χ1n) is 7.94. The van der Waals surface area contributed by atoms with Crippen LogP contribution in [-0.4, -0.2) is 53.8 Å². The van der Waals surface area contributed by atoms with Crippen molar-refractivity contribution in [3.8, 4) is 0 Å². The summed E-state index contributed by atoms with van der Waals surface area (Å²) in [4.78, 5) is 37.2. The number of nitrogens with one attached hydrogen (secondary N) is 1. The molecule has 0 aromatic heterocycles. The fourth-order valence-electron chi connectivity index (χ4n) is 2.62. The van der Waals surface area contributed by atoms with Gasteiger partial charge < -0.3 is 15.0 Å². The Balaban J connectivity index is 1.77. The molecule has 1 aromatic carbocycles. The maximum atomic E-state index is 12.0. The molecule has 0 radical (unpaired) electrons. The Bertz CT molecular complexity index is 579. The summed E-state index contributed by atoms with van der Waals surface area (Å²) in [5.74, 6) is -0.971. The average Bonchev–Trinajstić information content (AvgIpc) is 2.60. The van der Waals surface area contributed by atoms with Gasteiger partial charge in [-0.1, -0.05) is 46.3 Å². The number of esters is 1. The molecule has 1 aromatic rings. The number of halogens is 1. The Morgan fingerprint density at radius 1 is 1.29 bits per heavy atom. The van der Waals surface area contributed by atoms with Crippen molar-refractivity contribution < 1.29 is 19.1 Å². The molecule has 7 heteroatoms. The van der Waals surface area contributed by atoms with Crippen molar-refractivity contribution in [2.75, 3.05) is 25.0 Å². The normalized spacial score (nSPS) is 17.3. The van der Waals surface area contributed by atoms with Gasteiger partial charge in [0.25, 0.3) is 0 Å². The lowest BCUT2D eigenvalue weighted by Gasteiger charge is -2.34. The quantitative estimate of drug-likeness (QED) is 0.427. The Kier molecular flexibility index (Phi) is 7.24. The van der Waals surface area contributed by atoms with Crippen molar-refractivity contribution in [2.24, 2.45) is 0 Å². The van der Waals surface area contributed by atoms with Crippen molar-refractivity contribution in [3.05, 3.63) is 35.9 Å². The summed E-state index contributed by atoms with van der Waals surface area (Å²) in [7, 11) is 0. The summed E-state index contributed by atoms with van der Waals surface area (Å²) in [6, 6.07) is 9.16. The molecule has 0 spiro atoms. The lowest BCUT2D eigenvalue weighted by molar-refractivity contribution is -0.151. The fraction of sp³-hybridized carbons (Fsp3) is 0.471. The maximum Gasteiger partial charge on any atom is 0.308 e. The molecule has 1 heterocycles. The van der Waals surface area contributed by atoms with Gasteiger partial charge in [-0.25, -0.2) is 0 Å². The number of nitrogens with zero attached hydrogens (tertiary/aromatic N) is 1. The highest BCUT2D eigenvalue weighted by Crippen LogP contribution is 2.12. The SMILES string of the molecule is O=C(C[C@H]1C(=O)NCCN1C(=O)CBr)OCCCc1ccccc1. The van der Waals surface area contributed by atoms with Crippen molar-refractivity contribution in [1.29, 1.82) is 0 Å². The lowest BCUT2D eigenvalue weighted by atomic mass is 10.1. The van der Waals surface area contributed by atoms with Gasteiger partial charge >= 0.3 is 5.97 Å². The number of hydrogen-bond donors (Lipinski definition) is 1. The van der Waals surface area contributed by atoms with E-state index >= 15 is 0 Å². The van der Waals surface area contributed by atoms with E-state index in [1.54, 1.807) is 0 Å². The molecule has 0 unspecified atom stereocenters. The van der Waals surface area contributed by atoms with E-state index in [9.17, 15) is 14.4 Å². The number of rotatable bonds is 7. The molecule has 1 aliphatic rings. The predicted octanol–water partition coefficient (Wildman–Crippen LogP) is 1.27. The molecule has 130 valence electrons. The van der Waals surface area contributed by atoms with E-state index in [1.807, 2.05) is 30.3 Å². The number of ether oxygens (including phenoxy) is 1. The number of benzene rings is 1. The molecular weight excluding hydrogens is 376 g/mol. The lowest BCUT2D eigenvalue weighted by Crippen LogP contribution is -2.58. The van der Waals surface area contributed by atoms with Gasteiger partial charge in [-0.2, -0.15) is 0 Å². The van der Waals surface area contributed by atoms with Crippen LogP contribution in [0, 0.1) is 0 Å². The summed E-state index contributed by atoms with van der Waals surface area (Å²) in [5.41, 5.74) is 1.19. The summed E-state index contributed by atoms with van der Waals surface area (Å²) in [5, 5.41) is 2.81. The van der Waals surface area contributed by atoms with Crippen LogP contribution in [0.3, 0.4) is 0 Å². The number of carbonyl (C=O) groups is 3. The van der Waals surface area contributed by atoms with Crippen LogP contribution >= 0.6 is 15.9 Å². The van der Waals surface area contributed by atoms with E-state index < -0.39 is 12.0 Å². The van der Waals surface area contributed by atoms with Gasteiger partial charge in [-0.15, -0.1) is 0 Å². The standard InChI is InChI=1S/C17H21BrN2O4/c18-12-15(21)20-9-8-19-17(23)14(20)11-16(22)24-10-4-7-13-5-2-1-3-6-13/h1-3,5-6,14H,4,7-12H2,(H,19,23)/t14-/m0/s1. The number of alkyl halides is 1. The van der Waals surface area contributed by atoms with Crippen LogP contribution < -0.4 is 5.32 Å². The van der Waals surface area contributed by atoms with Gasteiger partial charge in [-0.05, 0) is 18.4 Å². The molecule has 1 aliphatic heterocycles. The summed E-state index contributed by atoms with van der Waals surface area (Å²) >= 11 is 3.10. The van der Waals surface area contributed by atoms with E-state index in [0.29, 0.717) is 19.7 Å². The molecule has 1 atom stereocenters. The van der Waals surface area contributed by atoms with Gasteiger partial charge in [0.05, 0.1) is 18.4 Å². The van der Waals surface area contributed by atoms with Gasteiger partial charge in [0, 0.05) is 13.1 Å². The zero-order chi connectivity index (χ0) is 17.4. The van der Waals surface area contributed by atoms with Gasteiger partial charge in [0.15, 0.2) is 0 Å². The highest BCUT2D eigenvalue weighted by molar-refractivity contribution is 9.09. The summed E-state index contributed by atoms with van der Waals surface area (Å²) < 4.78 is 5.21. The van der Waals surface area contributed by atoms with Crippen LogP contribution in [0.5, 0.6) is 0 Å². The molecule has 1 fully saturated rings. The minimum Gasteiger partial charge on any atom is -0.466 e. The molecule has 2 rings (SSSR count). The maximum absolute atomic E-state index is 12.0. The average molecular weight is 397 g/mol. The molecule has 0 saturated carbocycles. The van der Waals surface area contributed by atoms with Crippen LogP contribution in [0.1, 0.15) is 18.4 Å². The second-order valence-corrected chi connectivity index (χ2v) is 6.10. The molecule has 0 aliphatic carbocycles. The number of hydrogen-bond acceptors (Lipinski definition) is 4. The fourth-order valence-corrected chi connectivity index (χ4v) is 2.94.